The fourth-order valence-electron chi connectivity index (χ4n) is 2.40. The summed E-state index contributed by atoms with van der Waals surface area (Å²) in [4.78, 5) is 14.1. The number of aliphatic hydroxyl groups is 1. The lowest BCUT2D eigenvalue weighted by atomic mass is 10.1. The second kappa shape index (κ2) is 5.42. The quantitative estimate of drug-likeness (QED) is 0.908. The van der Waals surface area contributed by atoms with E-state index in [-0.39, 0.29) is 18.4 Å². The van der Waals surface area contributed by atoms with Crippen molar-refractivity contribution in [3.8, 4) is 11.5 Å². The Hall–Kier alpha value is -2.21. The molecule has 6 heteroatoms. The zero-order valence-corrected chi connectivity index (χ0v) is 10.9. The van der Waals surface area contributed by atoms with E-state index >= 15 is 0 Å². The zero-order chi connectivity index (χ0) is 13.9. The maximum Gasteiger partial charge on any atom is 0.253 e. The Balaban J connectivity index is 1.73. The maximum absolute atomic E-state index is 12.3. The van der Waals surface area contributed by atoms with Gasteiger partial charge in [0.05, 0.1) is 0 Å². The molecule has 1 unspecified atom stereocenters. The molecule has 1 amide bonds. The average Bonchev–Trinajstić information content (AvgIpc) is 3.18. The molecule has 0 saturated carbocycles. The van der Waals surface area contributed by atoms with Crippen LogP contribution in [0.4, 0.5) is 0 Å². The molecule has 0 aliphatic carbocycles. The summed E-state index contributed by atoms with van der Waals surface area (Å²) < 4.78 is 5.10. The van der Waals surface area contributed by atoms with Crippen LogP contribution < -0.4 is 0 Å². The van der Waals surface area contributed by atoms with Gasteiger partial charge >= 0.3 is 0 Å². The van der Waals surface area contributed by atoms with Crippen molar-refractivity contribution in [2.75, 3.05) is 19.7 Å². The minimum atomic E-state index is -0.00182. The predicted molar refractivity (Wildman–Crippen MR) is 70.8 cm³/mol. The fraction of sp³-hybridized carbons (Fsp3) is 0.357. The van der Waals surface area contributed by atoms with Crippen molar-refractivity contribution in [2.45, 2.75) is 6.42 Å². The van der Waals surface area contributed by atoms with Crippen LogP contribution in [0.1, 0.15) is 16.8 Å². The first kappa shape index (κ1) is 12.8. The van der Waals surface area contributed by atoms with Crippen LogP contribution in [0.5, 0.6) is 0 Å². The number of carbonyl (C=O) groups is 1. The van der Waals surface area contributed by atoms with Gasteiger partial charge in [-0.2, -0.15) is 0 Å². The Bertz CT molecular complexity index is 580. The largest absolute Gasteiger partial charge is 0.423 e. The van der Waals surface area contributed by atoms with Crippen molar-refractivity contribution in [3.05, 3.63) is 36.2 Å². The highest BCUT2D eigenvalue weighted by molar-refractivity contribution is 5.94. The monoisotopic (exact) mass is 273 g/mol. The number of aromatic nitrogens is 2. The normalized spacial score (nSPS) is 18.4. The molecule has 2 aromatic rings. The molecule has 1 aliphatic heterocycles. The molecule has 1 N–H and O–H groups in total. The number of aliphatic hydroxyl groups excluding tert-OH is 1. The van der Waals surface area contributed by atoms with Crippen LogP contribution in [0.25, 0.3) is 11.5 Å². The highest BCUT2D eigenvalue weighted by Gasteiger charge is 2.26. The van der Waals surface area contributed by atoms with Gasteiger partial charge in [0.1, 0.15) is 0 Å². The summed E-state index contributed by atoms with van der Waals surface area (Å²) in [5, 5.41) is 16.6. The average molecular weight is 273 g/mol. The molecule has 1 aliphatic rings. The van der Waals surface area contributed by atoms with Gasteiger partial charge in [0.15, 0.2) is 0 Å². The Morgan fingerprint density at radius 3 is 2.80 bits per heavy atom. The number of likely N-dealkylation sites (tertiary alicyclic amines) is 1. The van der Waals surface area contributed by atoms with E-state index in [0.717, 1.165) is 12.0 Å². The minimum Gasteiger partial charge on any atom is -0.423 e. The second-order valence-electron chi connectivity index (χ2n) is 4.91. The highest BCUT2D eigenvalue weighted by Crippen LogP contribution is 2.20. The molecular formula is C14H15N3O3. The van der Waals surface area contributed by atoms with Crippen molar-refractivity contribution in [1.82, 2.24) is 15.1 Å². The van der Waals surface area contributed by atoms with Gasteiger partial charge in [0.25, 0.3) is 5.91 Å². The van der Waals surface area contributed by atoms with Crippen molar-refractivity contribution >= 4 is 5.91 Å². The molecule has 0 spiro atoms. The van der Waals surface area contributed by atoms with Gasteiger partial charge in [-0.25, -0.2) is 0 Å². The summed E-state index contributed by atoms with van der Waals surface area (Å²) in [6, 6.07) is 7.10. The second-order valence-corrected chi connectivity index (χ2v) is 4.91. The molecule has 1 atom stereocenters. The molecule has 1 aromatic carbocycles. The number of rotatable bonds is 3. The van der Waals surface area contributed by atoms with E-state index in [1.807, 2.05) is 0 Å². The lowest BCUT2D eigenvalue weighted by molar-refractivity contribution is 0.0782. The van der Waals surface area contributed by atoms with E-state index in [1.165, 1.54) is 6.39 Å². The lowest BCUT2D eigenvalue weighted by Crippen LogP contribution is -2.29. The zero-order valence-electron chi connectivity index (χ0n) is 10.9. The Morgan fingerprint density at radius 2 is 2.20 bits per heavy atom. The van der Waals surface area contributed by atoms with Crippen LogP contribution in [0, 0.1) is 5.92 Å². The van der Waals surface area contributed by atoms with Crippen molar-refractivity contribution < 1.29 is 14.3 Å². The van der Waals surface area contributed by atoms with Gasteiger partial charge in [0.2, 0.25) is 12.3 Å². The molecule has 0 radical (unpaired) electrons. The number of hydrogen-bond acceptors (Lipinski definition) is 5. The molecule has 0 bridgehead atoms. The third-order valence-corrected chi connectivity index (χ3v) is 3.57. The maximum atomic E-state index is 12.3. The molecule has 3 rings (SSSR count). The number of benzene rings is 1. The molecule has 2 heterocycles. The van der Waals surface area contributed by atoms with Crippen LogP contribution in [-0.4, -0.2) is 45.8 Å². The topological polar surface area (TPSA) is 79.5 Å². The van der Waals surface area contributed by atoms with Crippen molar-refractivity contribution in [1.29, 1.82) is 0 Å². The van der Waals surface area contributed by atoms with E-state index in [2.05, 4.69) is 10.2 Å². The summed E-state index contributed by atoms with van der Waals surface area (Å²) in [6.07, 6.45) is 2.13. The Labute approximate surface area is 116 Å². The third-order valence-electron chi connectivity index (χ3n) is 3.57. The molecule has 1 aromatic heterocycles. The molecule has 1 fully saturated rings. The standard InChI is InChI=1S/C14H15N3O3/c18-8-10-5-6-17(7-10)14(19)12-3-1-11(2-4-12)13-16-15-9-20-13/h1-4,9-10,18H,5-8H2. The van der Waals surface area contributed by atoms with Crippen LogP contribution in [0.15, 0.2) is 35.1 Å². The summed E-state index contributed by atoms with van der Waals surface area (Å²) in [7, 11) is 0. The van der Waals surface area contributed by atoms with Crippen molar-refractivity contribution in [2.24, 2.45) is 5.92 Å². The number of nitrogens with zero attached hydrogens (tertiary/aromatic N) is 3. The highest BCUT2D eigenvalue weighted by atomic mass is 16.4. The first-order valence-corrected chi connectivity index (χ1v) is 6.54. The molecular weight excluding hydrogens is 258 g/mol. The first-order valence-electron chi connectivity index (χ1n) is 6.54. The van der Waals surface area contributed by atoms with Crippen LogP contribution >= 0.6 is 0 Å². The van der Waals surface area contributed by atoms with E-state index < -0.39 is 0 Å². The summed E-state index contributed by atoms with van der Waals surface area (Å²) >= 11 is 0. The van der Waals surface area contributed by atoms with E-state index in [1.54, 1.807) is 29.2 Å². The van der Waals surface area contributed by atoms with E-state index in [0.29, 0.717) is 24.5 Å². The van der Waals surface area contributed by atoms with Gasteiger partial charge in [-0.05, 0) is 30.7 Å². The first-order chi connectivity index (χ1) is 9.78. The summed E-state index contributed by atoms with van der Waals surface area (Å²) in [5.41, 5.74) is 1.42. The molecule has 1 saturated heterocycles. The van der Waals surface area contributed by atoms with Crippen molar-refractivity contribution in [3.63, 3.8) is 0 Å². The number of hydrogen-bond donors (Lipinski definition) is 1. The van der Waals surface area contributed by atoms with E-state index in [9.17, 15) is 4.79 Å². The molecule has 6 nitrogen and oxygen atoms in total. The number of carbonyl (C=O) groups excluding carboxylic acids is 1. The van der Waals surface area contributed by atoms with Crippen LogP contribution in [-0.2, 0) is 0 Å². The Kier molecular flexibility index (Phi) is 3.47. The predicted octanol–water partition coefficient (Wildman–Crippen LogP) is 1.19. The third kappa shape index (κ3) is 2.42. The van der Waals surface area contributed by atoms with Gasteiger partial charge < -0.3 is 14.4 Å². The fourth-order valence-corrected chi connectivity index (χ4v) is 2.40. The Morgan fingerprint density at radius 1 is 1.40 bits per heavy atom. The van der Waals surface area contributed by atoms with E-state index in [4.69, 9.17) is 9.52 Å². The molecule has 104 valence electrons. The van der Waals surface area contributed by atoms with Gasteiger partial charge in [-0.3, -0.25) is 4.79 Å². The SMILES string of the molecule is O=C(c1ccc(-c2nnco2)cc1)N1CCC(CO)C1. The van der Waals surface area contributed by atoms with Crippen LogP contribution in [0.2, 0.25) is 0 Å². The van der Waals surface area contributed by atoms with Gasteiger partial charge in [-0.15, -0.1) is 10.2 Å². The minimum absolute atomic E-state index is 0.00182. The van der Waals surface area contributed by atoms with Gasteiger partial charge in [0, 0.05) is 36.7 Å². The lowest BCUT2D eigenvalue weighted by Gasteiger charge is -2.16. The smallest absolute Gasteiger partial charge is 0.253 e. The number of amides is 1. The van der Waals surface area contributed by atoms with Gasteiger partial charge in [-0.1, -0.05) is 0 Å². The summed E-state index contributed by atoms with van der Waals surface area (Å²) in [6.45, 7) is 1.47. The summed E-state index contributed by atoms with van der Waals surface area (Å²) in [5.74, 6) is 0.639. The molecule has 20 heavy (non-hydrogen) atoms. The van der Waals surface area contributed by atoms with Crippen LogP contribution in [0.3, 0.4) is 0 Å².